The number of imide groups is 2. The van der Waals surface area contributed by atoms with Gasteiger partial charge < -0.3 is 10.6 Å². The van der Waals surface area contributed by atoms with Gasteiger partial charge in [-0.15, -0.1) is 0 Å². The van der Waals surface area contributed by atoms with Crippen molar-refractivity contribution in [3.8, 4) is 0 Å². The van der Waals surface area contributed by atoms with Gasteiger partial charge >= 0.3 is 12.1 Å². The van der Waals surface area contributed by atoms with Gasteiger partial charge in [0.25, 0.3) is 5.91 Å². The van der Waals surface area contributed by atoms with Gasteiger partial charge in [0.1, 0.15) is 23.7 Å². The highest BCUT2D eigenvalue weighted by atomic mass is 19.1. The number of carbonyl (C=O) groups excluding carboxylic acids is 4. The summed E-state index contributed by atoms with van der Waals surface area (Å²) in [5, 5.41) is 6.64. The largest absolute Gasteiger partial charge is 0.336 e. The molecule has 0 aromatic heterocycles. The maximum Gasteiger partial charge on any atom is 0.325 e. The minimum absolute atomic E-state index is 0.223. The molecule has 1 atom stereocenters. The molecule has 1 aromatic rings. The first-order valence-corrected chi connectivity index (χ1v) is 7.74. The van der Waals surface area contributed by atoms with Crippen LogP contribution < -0.4 is 16.0 Å². The molecule has 0 aliphatic carbocycles. The Hall–Kier alpha value is -3.04. The number of halogens is 2. The molecule has 0 radical (unpaired) electrons. The molecule has 1 fully saturated rings. The second-order valence-corrected chi connectivity index (χ2v) is 6.25. The van der Waals surface area contributed by atoms with E-state index in [1.807, 2.05) is 5.32 Å². The van der Waals surface area contributed by atoms with Crippen molar-refractivity contribution in [3.63, 3.8) is 0 Å². The first-order valence-electron chi connectivity index (χ1n) is 7.74. The quantitative estimate of drug-likeness (QED) is 0.688. The van der Waals surface area contributed by atoms with Crippen molar-refractivity contribution in [2.45, 2.75) is 32.4 Å². The van der Waals surface area contributed by atoms with E-state index in [9.17, 15) is 28.0 Å². The first kappa shape index (κ1) is 19.3. The second-order valence-electron chi connectivity index (χ2n) is 6.25. The summed E-state index contributed by atoms with van der Waals surface area (Å²) in [6.45, 7) is 3.82. The van der Waals surface area contributed by atoms with E-state index < -0.39 is 47.6 Å². The standard InChI is InChI=1S/C16H18F2N4O4/c1-8(2)19-14(25)20-12(23)7-22-13(24)16(3,21-15(22)26)10-6-9(17)4-5-11(10)18/h4-6,8H,7H2,1-3H3,(H,21,26)(H2,19,20,23,25)/t16-/m0/s1. The van der Waals surface area contributed by atoms with Gasteiger partial charge in [-0.3, -0.25) is 19.8 Å². The average Bonchev–Trinajstić information content (AvgIpc) is 2.73. The summed E-state index contributed by atoms with van der Waals surface area (Å²) >= 11 is 0. The topological polar surface area (TPSA) is 108 Å². The molecule has 3 N–H and O–H groups in total. The van der Waals surface area contributed by atoms with Crippen molar-refractivity contribution in [1.29, 1.82) is 0 Å². The molecule has 6 amide bonds. The van der Waals surface area contributed by atoms with Gasteiger partial charge in [0, 0.05) is 11.6 Å². The molecule has 0 bridgehead atoms. The van der Waals surface area contributed by atoms with Crippen LogP contribution in [0.5, 0.6) is 0 Å². The van der Waals surface area contributed by atoms with E-state index >= 15 is 0 Å². The van der Waals surface area contributed by atoms with Crippen LogP contribution in [0.15, 0.2) is 18.2 Å². The van der Waals surface area contributed by atoms with Crippen molar-refractivity contribution in [3.05, 3.63) is 35.4 Å². The summed E-state index contributed by atoms with van der Waals surface area (Å²) in [6.07, 6.45) is 0. The van der Waals surface area contributed by atoms with Crippen molar-refractivity contribution >= 4 is 23.9 Å². The maximum absolute atomic E-state index is 14.0. The Morgan fingerprint density at radius 3 is 2.54 bits per heavy atom. The molecule has 1 aliphatic rings. The Labute approximate surface area is 147 Å². The average molecular weight is 368 g/mol. The molecule has 1 aliphatic heterocycles. The van der Waals surface area contributed by atoms with Crippen molar-refractivity contribution < 1.29 is 28.0 Å². The lowest BCUT2D eigenvalue weighted by Gasteiger charge is -2.22. The van der Waals surface area contributed by atoms with Crippen LogP contribution in [0, 0.1) is 11.6 Å². The molecule has 2 rings (SSSR count). The molecule has 1 saturated heterocycles. The van der Waals surface area contributed by atoms with Gasteiger partial charge in [0.05, 0.1) is 0 Å². The smallest absolute Gasteiger partial charge is 0.325 e. The molecule has 0 unspecified atom stereocenters. The lowest BCUT2D eigenvalue weighted by Crippen LogP contribution is -2.48. The molecular formula is C16H18F2N4O4. The van der Waals surface area contributed by atoms with Crippen LogP contribution in [-0.2, 0) is 15.1 Å². The molecule has 8 nitrogen and oxygen atoms in total. The predicted octanol–water partition coefficient (Wildman–Crippen LogP) is 0.966. The Morgan fingerprint density at radius 2 is 1.92 bits per heavy atom. The molecule has 1 aromatic carbocycles. The first-order chi connectivity index (χ1) is 12.0. The summed E-state index contributed by atoms with van der Waals surface area (Å²) in [7, 11) is 0. The van der Waals surface area contributed by atoms with E-state index in [-0.39, 0.29) is 11.6 Å². The third-order valence-corrected chi connectivity index (χ3v) is 3.72. The Bertz CT molecular complexity index is 784. The molecule has 140 valence electrons. The number of benzene rings is 1. The van der Waals surface area contributed by atoms with Crippen LogP contribution >= 0.6 is 0 Å². The lowest BCUT2D eigenvalue weighted by molar-refractivity contribution is -0.134. The highest BCUT2D eigenvalue weighted by Crippen LogP contribution is 2.31. The van der Waals surface area contributed by atoms with Crippen LogP contribution in [0.1, 0.15) is 26.3 Å². The van der Waals surface area contributed by atoms with Crippen LogP contribution in [0.25, 0.3) is 0 Å². The van der Waals surface area contributed by atoms with Gasteiger partial charge in [-0.05, 0) is 39.0 Å². The zero-order chi connectivity index (χ0) is 19.6. The highest BCUT2D eigenvalue weighted by molar-refractivity contribution is 6.10. The van der Waals surface area contributed by atoms with Gasteiger partial charge in [-0.25, -0.2) is 18.4 Å². The number of urea groups is 2. The van der Waals surface area contributed by atoms with E-state index in [2.05, 4.69) is 10.6 Å². The maximum atomic E-state index is 14.0. The lowest BCUT2D eigenvalue weighted by atomic mass is 9.91. The Kier molecular flexibility index (Phi) is 5.24. The zero-order valence-corrected chi connectivity index (χ0v) is 14.4. The van der Waals surface area contributed by atoms with E-state index in [1.54, 1.807) is 13.8 Å². The molecular weight excluding hydrogens is 350 g/mol. The van der Waals surface area contributed by atoms with Crippen LogP contribution in [0.3, 0.4) is 0 Å². The van der Waals surface area contributed by atoms with E-state index in [0.29, 0.717) is 4.90 Å². The minimum Gasteiger partial charge on any atom is -0.336 e. The van der Waals surface area contributed by atoms with Crippen LogP contribution in [-0.4, -0.2) is 41.4 Å². The molecule has 0 saturated carbocycles. The van der Waals surface area contributed by atoms with Gasteiger partial charge in [-0.2, -0.15) is 0 Å². The number of hydrogen-bond donors (Lipinski definition) is 3. The minimum atomic E-state index is -1.87. The fourth-order valence-electron chi connectivity index (χ4n) is 2.51. The fraction of sp³-hybridized carbons (Fsp3) is 0.375. The summed E-state index contributed by atoms with van der Waals surface area (Å²) in [4.78, 5) is 48.5. The molecule has 1 heterocycles. The highest BCUT2D eigenvalue weighted by Gasteiger charge is 2.50. The number of rotatable bonds is 4. The number of amides is 6. The van der Waals surface area contributed by atoms with E-state index in [1.165, 1.54) is 6.92 Å². The van der Waals surface area contributed by atoms with E-state index in [4.69, 9.17) is 0 Å². The number of hydrogen-bond acceptors (Lipinski definition) is 4. The van der Waals surface area contributed by atoms with Gasteiger partial charge in [0.15, 0.2) is 0 Å². The number of carbonyl (C=O) groups is 4. The zero-order valence-electron chi connectivity index (χ0n) is 14.4. The van der Waals surface area contributed by atoms with Gasteiger partial charge in [-0.1, -0.05) is 0 Å². The number of nitrogens with zero attached hydrogens (tertiary/aromatic N) is 1. The summed E-state index contributed by atoms with van der Waals surface area (Å²) < 4.78 is 27.5. The third kappa shape index (κ3) is 3.79. The van der Waals surface area contributed by atoms with E-state index in [0.717, 1.165) is 18.2 Å². The molecule has 0 spiro atoms. The van der Waals surface area contributed by atoms with Crippen LogP contribution in [0.2, 0.25) is 0 Å². The SMILES string of the molecule is CC(C)NC(=O)NC(=O)CN1C(=O)N[C@@](C)(c2cc(F)ccc2F)C1=O. The fourth-order valence-corrected chi connectivity index (χ4v) is 2.51. The normalized spacial score (nSPS) is 19.5. The Balaban J connectivity index is 2.17. The summed E-state index contributed by atoms with van der Waals surface area (Å²) in [6, 6.07) is 0.547. The molecule has 26 heavy (non-hydrogen) atoms. The van der Waals surface area contributed by atoms with Crippen molar-refractivity contribution in [2.24, 2.45) is 0 Å². The Morgan fingerprint density at radius 1 is 1.27 bits per heavy atom. The monoisotopic (exact) mass is 368 g/mol. The second kappa shape index (κ2) is 7.06. The van der Waals surface area contributed by atoms with Crippen molar-refractivity contribution in [1.82, 2.24) is 20.9 Å². The van der Waals surface area contributed by atoms with Crippen molar-refractivity contribution in [2.75, 3.05) is 6.54 Å². The number of nitrogens with one attached hydrogen (secondary N) is 3. The predicted molar refractivity (Wildman–Crippen MR) is 85.8 cm³/mol. The van der Waals surface area contributed by atoms with Gasteiger partial charge in [0.2, 0.25) is 5.91 Å². The third-order valence-electron chi connectivity index (χ3n) is 3.72. The summed E-state index contributed by atoms with van der Waals surface area (Å²) in [5.74, 6) is -3.52. The molecule has 10 heteroatoms. The summed E-state index contributed by atoms with van der Waals surface area (Å²) in [5.41, 5.74) is -2.24. The van der Waals surface area contributed by atoms with Crippen LogP contribution in [0.4, 0.5) is 18.4 Å².